The molecule has 0 radical (unpaired) electrons. The lowest BCUT2D eigenvalue weighted by atomic mass is 9.91. The first-order valence-electron chi connectivity index (χ1n) is 12.2. The highest BCUT2D eigenvalue weighted by atomic mass is 32.2. The van der Waals surface area contributed by atoms with Gasteiger partial charge in [0.1, 0.15) is 10.7 Å². The van der Waals surface area contributed by atoms with E-state index in [2.05, 4.69) is 26.4 Å². The van der Waals surface area contributed by atoms with Gasteiger partial charge in [-0.15, -0.1) is 11.3 Å². The van der Waals surface area contributed by atoms with E-state index in [0.29, 0.717) is 24.1 Å². The third-order valence-corrected chi connectivity index (χ3v) is 8.77. The molecule has 2 aromatic rings. The number of piperidine rings is 1. The van der Waals surface area contributed by atoms with Crippen LogP contribution in [-0.4, -0.2) is 52.5 Å². The van der Waals surface area contributed by atoms with Crippen molar-refractivity contribution in [3.8, 4) is 10.6 Å². The number of fused-ring (bicyclic) bond motifs is 1. The summed E-state index contributed by atoms with van der Waals surface area (Å²) in [6.07, 6.45) is 15.5. The molecule has 1 unspecified atom stereocenters. The second kappa shape index (κ2) is 11.3. The molecule has 0 aliphatic carbocycles. The number of thioether (sulfide) groups is 1. The summed E-state index contributed by atoms with van der Waals surface area (Å²) in [4.78, 5) is 42.1. The van der Waals surface area contributed by atoms with Crippen LogP contribution < -0.4 is 5.32 Å². The minimum Gasteiger partial charge on any atom is -0.352 e. The molecular weight excluding hydrogens is 478 g/mol. The molecule has 182 valence electrons. The van der Waals surface area contributed by atoms with E-state index >= 15 is 0 Å². The number of hydrogen-bond donors (Lipinski definition) is 1. The van der Waals surface area contributed by atoms with Crippen LogP contribution in [0.3, 0.4) is 0 Å². The van der Waals surface area contributed by atoms with E-state index in [-0.39, 0.29) is 11.8 Å². The zero-order valence-corrected chi connectivity index (χ0v) is 21.2. The van der Waals surface area contributed by atoms with Gasteiger partial charge in [-0.3, -0.25) is 19.6 Å². The van der Waals surface area contributed by atoms with Crippen molar-refractivity contribution in [2.24, 2.45) is 16.8 Å². The molecule has 0 saturated carbocycles. The molecule has 2 amide bonds. The van der Waals surface area contributed by atoms with Gasteiger partial charge < -0.3 is 10.2 Å². The zero-order chi connectivity index (χ0) is 24.0. The van der Waals surface area contributed by atoms with Crippen molar-refractivity contribution in [2.75, 3.05) is 19.6 Å². The summed E-state index contributed by atoms with van der Waals surface area (Å²) < 4.78 is 0. The Hall–Kier alpha value is -2.78. The first-order chi connectivity index (χ1) is 17.2. The van der Waals surface area contributed by atoms with E-state index in [1.807, 2.05) is 34.8 Å². The fourth-order valence-electron chi connectivity index (χ4n) is 4.66. The van der Waals surface area contributed by atoms with Gasteiger partial charge in [-0.2, -0.15) is 0 Å². The number of aromatic nitrogens is 2. The van der Waals surface area contributed by atoms with E-state index in [0.717, 1.165) is 67.1 Å². The quantitative estimate of drug-likeness (QED) is 0.513. The number of hydrogen-bond acceptors (Lipinski definition) is 7. The molecule has 5 rings (SSSR count). The average molecular weight is 508 g/mol. The fourth-order valence-corrected chi connectivity index (χ4v) is 6.52. The monoisotopic (exact) mass is 507 g/mol. The van der Waals surface area contributed by atoms with Gasteiger partial charge in [0.2, 0.25) is 0 Å². The van der Waals surface area contributed by atoms with Crippen molar-refractivity contribution in [3.63, 3.8) is 0 Å². The predicted octanol–water partition coefficient (Wildman–Crippen LogP) is 4.91. The SMILES string of the molecule is O=C(NCCCCC1CCN(C(=O)c2csc(-c3cccnc3)n2)CC1)C1=CC2CC=NC=C2S1. The maximum absolute atomic E-state index is 12.9. The molecule has 0 spiro atoms. The van der Waals surface area contributed by atoms with Gasteiger partial charge in [-0.1, -0.05) is 30.7 Å². The number of nitrogens with zero attached hydrogens (tertiary/aromatic N) is 4. The normalized spacial score (nSPS) is 19.8. The van der Waals surface area contributed by atoms with Crippen LogP contribution in [0.25, 0.3) is 10.6 Å². The maximum Gasteiger partial charge on any atom is 0.273 e. The number of thiazole rings is 1. The lowest BCUT2D eigenvalue weighted by Gasteiger charge is -2.31. The molecule has 9 heteroatoms. The van der Waals surface area contributed by atoms with Crippen molar-refractivity contribution >= 4 is 41.1 Å². The van der Waals surface area contributed by atoms with Gasteiger partial charge in [-0.05, 0) is 43.7 Å². The topological polar surface area (TPSA) is 87.5 Å². The highest BCUT2D eigenvalue weighted by Crippen LogP contribution is 2.42. The lowest BCUT2D eigenvalue weighted by molar-refractivity contribution is -0.116. The third kappa shape index (κ3) is 5.90. The Kier molecular flexibility index (Phi) is 7.73. The van der Waals surface area contributed by atoms with Gasteiger partial charge in [0.15, 0.2) is 0 Å². The maximum atomic E-state index is 12.9. The Morgan fingerprint density at radius 1 is 1.20 bits per heavy atom. The number of nitrogens with one attached hydrogen (secondary N) is 1. The first-order valence-corrected chi connectivity index (χ1v) is 13.9. The largest absolute Gasteiger partial charge is 0.352 e. The number of likely N-dealkylation sites (tertiary alicyclic amines) is 1. The second-order valence-electron chi connectivity index (χ2n) is 9.11. The van der Waals surface area contributed by atoms with Crippen LogP contribution in [0, 0.1) is 11.8 Å². The highest BCUT2D eigenvalue weighted by Gasteiger charge is 2.27. The number of amides is 2. The number of allylic oxidation sites excluding steroid dienone is 2. The van der Waals surface area contributed by atoms with Crippen LogP contribution in [0.1, 0.15) is 49.0 Å². The molecule has 1 atom stereocenters. The van der Waals surface area contributed by atoms with Crippen molar-refractivity contribution in [3.05, 3.63) is 57.7 Å². The predicted molar refractivity (Wildman–Crippen MR) is 141 cm³/mol. The van der Waals surface area contributed by atoms with E-state index in [9.17, 15) is 9.59 Å². The molecule has 0 aromatic carbocycles. The minimum absolute atomic E-state index is 0.0267. The Morgan fingerprint density at radius 3 is 2.89 bits per heavy atom. The smallest absolute Gasteiger partial charge is 0.273 e. The Labute approximate surface area is 213 Å². The Morgan fingerprint density at radius 2 is 2.09 bits per heavy atom. The second-order valence-corrected chi connectivity index (χ2v) is 11.1. The average Bonchev–Trinajstić information content (AvgIpc) is 3.57. The molecule has 3 aliphatic rings. The van der Waals surface area contributed by atoms with Crippen molar-refractivity contribution < 1.29 is 9.59 Å². The molecule has 1 fully saturated rings. The van der Waals surface area contributed by atoms with Crippen molar-refractivity contribution in [1.82, 2.24) is 20.2 Å². The van der Waals surface area contributed by atoms with Crippen molar-refractivity contribution in [1.29, 1.82) is 0 Å². The number of unbranched alkanes of at least 4 members (excludes halogenated alkanes) is 1. The molecule has 3 aliphatic heterocycles. The summed E-state index contributed by atoms with van der Waals surface area (Å²) in [6, 6.07) is 3.84. The summed E-state index contributed by atoms with van der Waals surface area (Å²) in [5.74, 6) is 1.03. The van der Waals surface area contributed by atoms with E-state index in [1.165, 1.54) is 16.2 Å². The molecule has 35 heavy (non-hydrogen) atoms. The van der Waals surface area contributed by atoms with E-state index < -0.39 is 0 Å². The number of carbonyl (C=O) groups excluding carboxylic acids is 2. The molecule has 7 nitrogen and oxygen atoms in total. The lowest BCUT2D eigenvalue weighted by Crippen LogP contribution is -2.38. The molecule has 1 N–H and O–H groups in total. The van der Waals surface area contributed by atoms with E-state index in [4.69, 9.17) is 0 Å². The first kappa shape index (κ1) is 23.9. The Balaban J connectivity index is 0.987. The highest BCUT2D eigenvalue weighted by molar-refractivity contribution is 8.07. The molecule has 2 aromatic heterocycles. The van der Waals surface area contributed by atoms with Gasteiger partial charge >= 0.3 is 0 Å². The summed E-state index contributed by atoms with van der Waals surface area (Å²) >= 11 is 3.03. The van der Waals surface area contributed by atoms with Crippen LogP contribution in [0.5, 0.6) is 0 Å². The molecule has 1 saturated heterocycles. The van der Waals surface area contributed by atoms with Crippen molar-refractivity contribution in [2.45, 2.75) is 38.5 Å². The number of aliphatic imine (C=N–C) groups is 1. The minimum atomic E-state index is 0.0267. The van der Waals surface area contributed by atoms with E-state index in [1.54, 1.807) is 24.2 Å². The summed E-state index contributed by atoms with van der Waals surface area (Å²) in [5, 5.41) is 5.75. The third-order valence-electron chi connectivity index (χ3n) is 6.69. The number of carbonyl (C=O) groups is 2. The van der Waals surface area contributed by atoms with Crippen LogP contribution in [0.15, 0.2) is 57.0 Å². The van der Waals surface area contributed by atoms with Crippen LogP contribution >= 0.6 is 23.1 Å². The van der Waals surface area contributed by atoms with Gasteiger partial charge in [0.05, 0.1) is 4.91 Å². The standard InChI is InChI=1S/C26H29N5O2S2/c32-24(22-14-19-6-11-28-16-23(19)35-22)29-10-2-1-4-18-7-12-31(13-8-18)26(33)21-17-34-25(30-21)20-5-3-9-27-15-20/h3,5,9,11,14-19H,1-2,4,6-8,10,12-13H2,(H,29,32). The van der Waals surface area contributed by atoms with Gasteiger partial charge in [-0.25, -0.2) is 4.98 Å². The Bertz CT molecular complexity index is 1150. The summed E-state index contributed by atoms with van der Waals surface area (Å²) in [6.45, 7) is 2.27. The van der Waals surface area contributed by atoms with Gasteiger partial charge in [0, 0.05) is 66.2 Å². The molecule has 5 heterocycles. The van der Waals surface area contributed by atoms with Gasteiger partial charge in [0.25, 0.3) is 11.8 Å². The molecule has 0 bridgehead atoms. The summed E-state index contributed by atoms with van der Waals surface area (Å²) in [5.41, 5.74) is 1.47. The van der Waals surface area contributed by atoms with Crippen LogP contribution in [-0.2, 0) is 4.79 Å². The summed E-state index contributed by atoms with van der Waals surface area (Å²) in [7, 11) is 0. The number of pyridine rings is 1. The van der Waals surface area contributed by atoms with Crippen LogP contribution in [0.4, 0.5) is 0 Å². The molecular formula is C26H29N5O2S2. The number of rotatable bonds is 8. The van der Waals surface area contributed by atoms with Crippen LogP contribution in [0.2, 0.25) is 0 Å². The fraction of sp³-hybridized carbons (Fsp3) is 0.423. The zero-order valence-electron chi connectivity index (χ0n) is 19.6.